The van der Waals surface area contributed by atoms with Gasteiger partial charge in [0.05, 0.1) is 18.5 Å². The van der Waals surface area contributed by atoms with E-state index in [1.54, 1.807) is 48.5 Å². The van der Waals surface area contributed by atoms with Crippen molar-refractivity contribution in [1.29, 1.82) is 0 Å². The quantitative estimate of drug-likeness (QED) is 0.512. The molecule has 7 nitrogen and oxygen atoms in total. The number of fused-ring (bicyclic) bond motifs is 1. The first-order valence-corrected chi connectivity index (χ1v) is 10.9. The molecule has 2 atom stereocenters. The summed E-state index contributed by atoms with van der Waals surface area (Å²) in [5.74, 6) is -0.175. The topological polar surface area (TPSA) is 90.9 Å². The van der Waals surface area contributed by atoms with Crippen molar-refractivity contribution in [3.63, 3.8) is 0 Å². The van der Waals surface area contributed by atoms with Gasteiger partial charge in [-0.2, -0.15) is 0 Å². The van der Waals surface area contributed by atoms with Gasteiger partial charge in [0.1, 0.15) is 5.75 Å². The number of carbonyl (C=O) groups is 2. The van der Waals surface area contributed by atoms with Crippen molar-refractivity contribution >= 4 is 23.3 Å². The summed E-state index contributed by atoms with van der Waals surface area (Å²) in [5.41, 5.74) is -0.0724. The molecule has 3 aromatic rings. The van der Waals surface area contributed by atoms with E-state index in [1.165, 1.54) is 7.11 Å². The van der Waals surface area contributed by atoms with Crippen molar-refractivity contribution in [3.8, 4) is 5.75 Å². The van der Waals surface area contributed by atoms with Gasteiger partial charge in [0, 0.05) is 17.7 Å². The molecule has 3 N–H and O–H groups in total. The SMILES string of the molecule is COc1cccc(N2C(=O)Nc3ccccc3[C@@]2(O)C(=O)N[C@H](C)CCc2ccccc2)c1. The van der Waals surface area contributed by atoms with Crippen molar-refractivity contribution in [2.45, 2.75) is 31.5 Å². The fraction of sp³-hybridized carbons (Fsp3) is 0.231. The number of carbonyl (C=O) groups excluding carboxylic acids is 2. The summed E-state index contributed by atoms with van der Waals surface area (Å²) in [6.45, 7) is 1.88. The van der Waals surface area contributed by atoms with Crippen LogP contribution in [-0.4, -0.2) is 30.2 Å². The Labute approximate surface area is 193 Å². The Morgan fingerprint density at radius 3 is 2.58 bits per heavy atom. The molecule has 3 aromatic carbocycles. The van der Waals surface area contributed by atoms with E-state index in [0.717, 1.165) is 16.9 Å². The Bertz CT molecular complexity index is 1150. The molecule has 1 heterocycles. The number of hydrogen-bond donors (Lipinski definition) is 3. The predicted octanol–water partition coefficient (Wildman–Crippen LogP) is 4.03. The molecule has 3 amide bonds. The molecule has 0 fully saturated rings. The summed E-state index contributed by atoms with van der Waals surface area (Å²) in [7, 11) is 1.51. The molecule has 0 bridgehead atoms. The number of aryl methyl sites for hydroxylation is 1. The number of nitrogens with one attached hydrogen (secondary N) is 2. The first-order chi connectivity index (χ1) is 15.9. The summed E-state index contributed by atoms with van der Waals surface area (Å²) in [6.07, 6.45) is 1.45. The second-order valence-corrected chi connectivity index (χ2v) is 8.08. The number of methoxy groups -OCH3 is 1. The minimum Gasteiger partial charge on any atom is -0.497 e. The third-order valence-corrected chi connectivity index (χ3v) is 5.79. The Hall–Kier alpha value is -3.84. The van der Waals surface area contributed by atoms with E-state index in [0.29, 0.717) is 29.1 Å². The van der Waals surface area contributed by atoms with Gasteiger partial charge in [-0.15, -0.1) is 0 Å². The number of amides is 3. The monoisotopic (exact) mass is 445 g/mol. The van der Waals surface area contributed by atoms with E-state index in [9.17, 15) is 14.7 Å². The number of para-hydroxylation sites is 1. The molecule has 0 spiro atoms. The van der Waals surface area contributed by atoms with Crippen LogP contribution in [0.5, 0.6) is 5.75 Å². The lowest BCUT2D eigenvalue weighted by Gasteiger charge is -2.43. The highest BCUT2D eigenvalue weighted by molar-refractivity contribution is 6.11. The maximum atomic E-state index is 13.6. The standard InChI is InChI=1S/C26H27N3O4/c1-18(15-16-19-9-4-3-5-10-19)27-24(30)26(32)22-13-6-7-14-23(22)28-25(31)29(26)20-11-8-12-21(17-20)33-2/h3-14,17-18,32H,15-16H2,1-2H3,(H,27,30)(H,28,31)/t18-,26-/m1/s1. The van der Waals surface area contributed by atoms with Gasteiger partial charge in [0.2, 0.25) is 0 Å². The second-order valence-electron chi connectivity index (χ2n) is 8.08. The van der Waals surface area contributed by atoms with Crippen LogP contribution in [0.15, 0.2) is 78.9 Å². The third kappa shape index (κ3) is 4.40. The molecule has 0 aliphatic carbocycles. The number of benzene rings is 3. The normalized spacial score (nSPS) is 18.2. The molecule has 33 heavy (non-hydrogen) atoms. The van der Waals surface area contributed by atoms with Gasteiger partial charge in [-0.1, -0.05) is 54.6 Å². The molecule has 7 heteroatoms. The van der Waals surface area contributed by atoms with Crippen LogP contribution in [-0.2, 0) is 16.9 Å². The number of hydrogen-bond acceptors (Lipinski definition) is 4. The summed E-state index contributed by atoms with van der Waals surface area (Å²) in [4.78, 5) is 27.7. The lowest BCUT2D eigenvalue weighted by atomic mass is 9.94. The molecule has 0 saturated heterocycles. The zero-order valence-electron chi connectivity index (χ0n) is 18.6. The Balaban J connectivity index is 1.66. The Morgan fingerprint density at radius 1 is 1.09 bits per heavy atom. The smallest absolute Gasteiger partial charge is 0.329 e. The van der Waals surface area contributed by atoms with Crippen molar-refractivity contribution < 1.29 is 19.4 Å². The molecule has 4 rings (SSSR count). The number of nitrogens with zero attached hydrogens (tertiary/aromatic N) is 1. The average molecular weight is 446 g/mol. The first kappa shape index (κ1) is 22.4. The van der Waals surface area contributed by atoms with Crippen molar-refractivity contribution in [3.05, 3.63) is 90.0 Å². The first-order valence-electron chi connectivity index (χ1n) is 10.9. The highest BCUT2D eigenvalue weighted by atomic mass is 16.5. The largest absolute Gasteiger partial charge is 0.497 e. The fourth-order valence-corrected chi connectivity index (χ4v) is 4.04. The summed E-state index contributed by atoms with van der Waals surface area (Å²) < 4.78 is 5.28. The Kier molecular flexibility index (Phi) is 6.33. The average Bonchev–Trinajstić information content (AvgIpc) is 2.83. The molecule has 170 valence electrons. The molecule has 1 aliphatic heterocycles. The Morgan fingerprint density at radius 2 is 1.82 bits per heavy atom. The maximum Gasteiger partial charge on any atom is 0.329 e. The summed E-state index contributed by atoms with van der Waals surface area (Å²) >= 11 is 0. The van der Waals surface area contributed by atoms with Gasteiger partial charge in [-0.05, 0) is 43.5 Å². The number of rotatable bonds is 7. The molecule has 1 aliphatic rings. The van der Waals surface area contributed by atoms with Crippen LogP contribution < -0.4 is 20.3 Å². The fourth-order valence-electron chi connectivity index (χ4n) is 4.04. The zero-order valence-corrected chi connectivity index (χ0v) is 18.6. The molecular formula is C26H27N3O4. The van der Waals surface area contributed by atoms with E-state index >= 15 is 0 Å². The van der Waals surface area contributed by atoms with Crippen LogP contribution in [0.4, 0.5) is 16.2 Å². The summed E-state index contributed by atoms with van der Waals surface area (Å²) in [6, 6.07) is 22.6. The highest BCUT2D eigenvalue weighted by Gasteiger charge is 2.52. The van der Waals surface area contributed by atoms with E-state index in [4.69, 9.17) is 4.74 Å². The van der Waals surface area contributed by atoms with Crippen LogP contribution in [0.25, 0.3) is 0 Å². The predicted molar refractivity (Wildman–Crippen MR) is 127 cm³/mol. The van der Waals surface area contributed by atoms with Crippen molar-refractivity contribution in [2.75, 3.05) is 17.3 Å². The van der Waals surface area contributed by atoms with Crippen molar-refractivity contribution in [2.24, 2.45) is 0 Å². The molecule has 0 aromatic heterocycles. The molecule has 0 saturated carbocycles. The number of anilines is 2. The van der Waals surface area contributed by atoms with Crippen LogP contribution in [0, 0.1) is 0 Å². The second kappa shape index (κ2) is 9.34. The summed E-state index contributed by atoms with van der Waals surface area (Å²) in [5, 5.41) is 17.6. The number of ether oxygens (including phenoxy) is 1. The highest BCUT2D eigenvalue weighted by Crippen LogP contribution is 2.40. The van der Waals surface area contributed by atoms with Gasteiger partial charge in [0.25, 0.3) is 11.6 Å². The van der Waals surface area contributed by atoms with E-state index in [1.807, 2.05) is 37.3 Å². The number of aliphatic hydroxyl groups is 1. The maximum absolute atomic E-state index is 13.6. The van der Waals surface area contributed by atoms with Gasteiger partial charge >= 0.3 is 6.03 Å². The molecule has 0 unspecified atom stereocenters. The van der Waals surface area contributed by atoms with E-state index < -0.39 is 17.7 Å². The minimum atomic E-state index is -2.24. The van der Waals surface area contributed by atoms with Crippen LogP contribution in [0.3, 0.4) is 0 Å². The van der Waals surface area contributed by atoms with Crippen molar-refractivity contribution in [1.82, 2.24) is 5.32 Å². The van der Waals surface area contributed by atoms with E-state index in [-0.39, 0.29) is 6.04 Å². The van der Waals surface area contributed by atoms with Crippen LogP contribution in [0.2, 0.25) is 0 Å². The van der Waals surface area contributed by atoms with Crippen LogP contribution >= 0.6 is 0 Å². The van der Waals surface area contributed by atoms with Gasteiger partial charge in [-0.3, -0.25) is 9.69 Å². The number of urea groups is 1. The lowest BCUT2D eigenvalue weighted by Crippen LogP contribution is -2.63. The van der Waals surface area contributed by atoms with Gasteiger partial charge < -0.3 is 20.5 Å². The lowest BCUT2D eigenvalue weighted by molar-refractivity contribution is -0.141. The van der Waals surface area contributed by atoms with Crippen LogP contribution in [0.1, 0.15) is 24.5 Å². The minimum absolute atomic E-state index is 0.231. The zero-order chi connectivity index (χ0) is 23.4. The molecule has 0 radical (unpaired) electrons. The van der Waals surface area contributed by atoms with Gasteiger partial charge in [0.15, 0.2) is 0 Å². The molecular weight excluding hydrogens is 418 g/mol. The third-order valence-electron chi connectivity index (χ3n) is 5.79. The van der Waals surface area contributed by atoms with Gasteiger partial charge in [-0.25, -0.2) is 4.79 Å². The van der Waals surface area contributed by atoms with E-state index in [2.05, 4.69) is 10.6 Å².